The molecule has 2 unspecified atom stereocenters. The molecule has 0 aromatic heterocycles. The molecular formula is C12H30O2S3Si2. The zero-order chi connectivity index (χ0) is 14.7. The molecule has 0 aromatic rings. The van der Waals surface area contributed by atoms with Gasteiger partial charge >= 0.3 is 0 Å². The lowest BCUT2D eigenvalue weighted by atomic mass is 10.5. The van der Waals surface area contributed by atoms with Crippen LogP contribution in [-0.2, 0) is 9.47 Å². The summed E-state index contributed by atoms with van der Waals surface area (Å²) in [4.78, 5) is 0. The van der Waals surface area contributed by atoms with E-state index in [-0.39, 0.29) is 0 Å². The Bertz CT molecular complexity index is 189. The van der Waals surface area contributed by atoms with E-state index in [1.165, 1.54) is 24.3 Å². The maximum Gasteiger partial charge on any atom is 0.0656 e. The minimum atomic E-state index is -0.643. The molecule has 0 fully saturated rings. The van der Waals surface area contributed by atoms with Crippen molar-refractivity contribution in [2.24, 2.45) is 0 Å². The summed E-state index contributed by atoms with van der Waals surface area (Å²) in [5, 5.41) is 0. The highest BCUT2D eigenvalue weighted by Gasteiger charge is 2.14. The van der Waals surface area contributed by atoms with Crippen molar-refractivity contribution in [1.82, 2.24) is 0 Å². The topological polar surface area (TPSA) is 18.5 Å². The number of ether oxygens (including phenoxy) is 2. The van der Waals surface area contributed by atoms with E-state index in [4.69, 9.17) is 9.47 Å². The fourth-order valence-electron chi connectivity index (χ4n) is 1.88. The predicted octanol–water partition coefficient (Wildman–Crippen LogP) is 3.88. The molecule has 0 rings (SSSR count). The zero-order valence-electron chi connectivity index (χ0n) is 13.2. The van der Waals surface area contributed by atoms with Crippen LogP contribution in [0.3, 0.4) is 0 Å². The highest BCUT2D eigenvalue weighted by atomic mass is 33.5. The molecule has 0 saturated carbocycles. The predicted molar refractivity (Wildman–Crippen MR) is 101 cm³/mol. The van der Waals surface area contributed by atoms with E-state index < -0.39 is 17.6 Å². The Morgan fingerprint density at radius 3 is 1.42 bits per heavy atom. The van der Waals surface area contributed by atoms with E-state index in [2.05, 4.69) is 26.2 Å². The highest BCUT2D eigenvalue weighted by Crippen LogP contribution is 2.36. The average Bonchev–Trinajstić information content (AvgIpc) is 2.36. The largest absolute Gasteiger partial charge is 0.385 e. The van der Waals surface area contributed by atoms with Crippen LogP contribution in [0.15, 0.2) is 0 Å². The summed E-state index contributed by atoms with van der Waals surface area (Å²) >= 11 is 0. The first-order valence-corrected chi connectivity index (χ1v) is 16.8. The molecule has 0 saturated heterocycles. The van der Waals surface area contributed by atoms with Gasteiger partial charge in [0.15, 0.2) is 0 Å². The van der Waals surface area contributed by atoms with Gasteiger partial charge < -0.3 is 9.47 Å². The molecule has 7 heteroatoms. The van der Waals surface area contributed by atoms with Crippen molar-refractivity contribution in [2.45, 2.75) is 50.5 Å². The molecule has 0 amide bonds. The fraction of sp³-hybridized carbons (Fsp3) is 1.00. The number of hydrogen-bond acceptors (Lipinski definition) is 5. The SMILES string of the molecule is COC(CCSSSCCC(OC)[SiH](C)C)[SiH](C)C. The first-order chi connectivity index (χ1) is 9.02. The quantitative estimate of drug-likeness (QED) is 0.298. The number of rotatable bonds is 12. The second kappa shape index (κ2) is 13.1. The second-order valence-electron chi connectivity index (χ2n) is 5.33. The van der Waals surface area contributed by atoms with Gasteiger partial charge in [-0.3, -0.25) is 0 Å². The molecule has 0 aliphatic carbocycles. The summed E-state index contributed by atoms with van der Waals surface area (Å²) in [6.07, 6.45) is 2.41. The van der Waals surface area contributed by atoms with Crippen molar-refractivity contribution in [3.8, 4) is 0 Å². The summed E-state index contributed by atoms with van der Waals surface area (Å²) in [6.45, 7) is 9.45. The van der Waals surface area contributed by atoms with E-state index in [9.17, 15) is 0 Å². The lowest BCUT2D eigenvalue weighted by molar-refractivity contribution is 0.159. The van der Waals surface area contributed by atoms with Crippen molar-refractivity contribution in [3.63, 3.8) is 0 Å². The number of hydrogen-bond donors (Lipinski definition) is 0. The first-order valence-electron chi connectivity index (χ1n) is 6.99. The third-order valence-electron chi connectivity index (χ3n) is 3.16. The van der Waals surface area contributed by atoms with Crippen LogP contribution >= 0.6 is 31.4 Å². The van der Waals surface area contributed by atoms with Crippen LogP contribution < -0.4 is 0 Å². The van der Waals surface area contributed by atoms with E-state index in [0.29, 0.717) is 11.5 Å². The minimum absolute atomic E-state index is 0.544. The van der Waals surface area contributed by atoms with Crippen molar-refractivity contribution in [2.75, 3.05) is 25.7 Å². The van der Waals surface area contributed by atoms with Gasteiger partial charge in [-0.2, -0.15) is 0 Å². The Labute approximate surface area is 134 Å². The Kier molecular flexibility index (Phi) is 14.1. The maximum atomic E-state index is 5.53. The molecule has 0 aliphatic rings. The molecule has 0 spiro atoms. The summed E-state index contributed by atoms with van der Waals surface area (Å²) in [6, 6.07) is 0. The second-order valence-corrected chi connectivity index (χ2v) is 16.3. The first kappa shape index (κ1) is 20.4. The minimum Gasteiger partial charge on any atom is -0.385 e. The van der Waals surface area contributed by atoms with Crippen molar-refractivity contribution < 1.29 is 9.47 Å². The molecular weight excluding hydrogens is 329 g/mol. The van der Waals surface area contributed by atoms with Crippen LogP contribution in [0.5, 0.6) is 0 Å². The normalized spacial score (nSPS) is 15.2. The number of methoxy groups -OCH3 is 2. The van der Waals surface area contributed by atoms with Crippen LogP contribution in [0.1, 0.15) is 12.8 Å². The van der Waals surface area contributed by atoms with Gasteiger partial charge in [0, 0.05) is 37.2 Å². The van der Waals surface area contributed by atoms with Gasteiger partial charge in [-0.1, -0.05) is 47.8 Å². The van der Waals surface area contributed by atoms with Crippen molar-refractivity contribution >= 4 is 49.0 Å². The van der Waals surface area contributed by atoms with Crippen LogP contribution in [0.4, 0.5) is 0 Å². The van der Waals surface area contributed by atoms with Gasteiger partial charge in [0.05, 0.1) is 17.6 Å². The smallest absolute Gasteiger partial charge is 0.0656 e. The monoisotopic (exact) mass is 358 g/mol. The molecule has 2 nitrogen and oxygen atoms in total. The molecule has 2 atom stereocenters. The molecule has 0 heterocycles. The average molecular weight is 359 g/mol. The summed E-state index contributed by atoms with van der Waals surface area (Å²) < 4.78 is 11.1. The Balaban J connectivity index is 3.45. The third kappa shape index (κ3) is 10.7. The zero-order valence-corrected chi connectivity index (χ0v) is 17.9. The molecule has 0 aromatic carbocycles. The van der Waals surface area contributed by atoms with Crippen LogP contribution in [0, 0.1) is 0 Å². The molecule has 116 valence electrons. The summed E-state index contributed by atoms with van der Waals surface area (Å²) in [5.41, 5.74) is 1.09. The Morgan fingerprint density at radius 1 is 0.789 bits per heavy atom. The Morgan fingerprint density at radius 2 is 1.16 bits per heavy atom. The van der Waals surface area contributed by atoms with Gasteiger partial charge in [-0.05, 0) is 22.7 Å². The molecule has 0 radical (unpaired) electrons. The standard InChI is InChI=1S/C12H30O2S3Si2/c1-13-11(18(3)4)7-9-15-17-16-10-8-12(14-2)19(5)6/h11-12,18-19H,7-10H2,1-6H3. The summed E-state index contributed by atoms with van der Waals surface area (Å²) in [5.74, 6) is 2.40. The van der Waals surface area contributed by atoms with E-state index in [0.717, 1.165) is 0 Å². The molecule has 0 N–H and O–H groups in total. The van der Waals surface area contributed by atoms with Crippen molar-refractivity contribution in [1.29, 1.82) is 0 Å². The van der Waals surface area contributed by atoms with Gasteiger partial charge in [0.1, 0.15) is 0 Å². The van der Waals surface area contributed by atoms with Gasteiger partial charge in [-0.15, -0.1) is 0 Å². The van der Waals surface area contributed by atoms with Crippen molar-refractivity contribution in [3.05, 3.63) is 0 Å². The van der Waals surface area contributed by atoms with Gasteiger partial charge in [-0.25, -0.2) is 0 Å². The fourth-order valence-corrected chi connectivity index (χ4v) is 9.00. The van der Waals surface area contributed by atoms with E-state index >= 15 is 0 Å². The Hall–Kier alpha value is 1.40. The van der Waals surface area contributed by atoms with Gasteiger partial charge in [0.25, 0.3) is 0 Å². The maximum absolute atomic E-state index is 5.53. The van der Waals surface area contributed by atoms with Crippen LogP contribution in [-0.4, -0.2) is 54.8 Å². The molecule has 19 heavy (non-hydrogen) atoms. The lowest BCUT2D eigenvalue weighted by Gasteiger charge is -2.18. The third-order valence-corrected chi connectivity index (χ3v) is 11.7. The van der Waals surface area contributed by atoms with Crippen LogP contribution in [0.2, 0.25) is 26.2 Å². The molecule has 0 bridgehead atoms. The van der Waals surface area contributed by atoms with E-state index in [1.54, 1.807) is 0 Å². The molecule has 0 aliphatic heterocycles. The van der Waals surface area contributed by atoms with Crippen LogP contribution in [0.25, 0.3) is 0 Å². The van der Waals surface area contributed by atoms with E-state index in [1.807, 2.05) is 45.6 Å². The van der Waals surface area contributed by atoms with Gasteiger partial charge in [0.2, 0.25) is 0 Å². The lowest BCUT2D eigenvalue weighted by Crippen LogP contribution is -2.27. The highest BCUT2D eigenvalue weighted by molar-refractivity contribution is 9.09. The summed E-state index contributed by atoms with van der Waals surface area (Å²) in [7, 11) is 8.30.